The van der Waals surface area contributed by atoms with Crippen LogP contribution in [-0.2, 0) is 19.6 Å². The van der Waals surface area contributed by atoms with Crippen LogP contribution in [0.2, 0.25) is 0 Å². The predicted octanol–water partition coefficient (Wildman–Crippen LogP) is 2.59. The molecule has 0 aliphatic rings. The van der Waals surface area contributed by atoms with Crippen molar-refractivity contribution in [2.75, 3.05) is 25.1 Å². The highest BCUT2D eigenvalue weighted by Crippen LogP contribution is 2.19. The van der Waals surface area contributed by atoms with Crippen LogP contribution < -0.4 is 19.9 Å². The normalized spacial score (nSPS) is 10.8. The third-order valence-electron chi connectivity index (χ3n) is 4.26. The fourth-order valence-electron chi connectivity index (χ4n) is 2.72. The van der Waals surface area contributed by atoms with Gasteiger partial charge in [0.1, 0.15) is 30.3 Å². The second-order valence-corrected chi connectivity index (χ2v) is 8.26. The molecule has 0 aliphatic carbocycles. The number of rotatable bonds is 10. The summed E-state index contributed by atoms with van der Waals surface area (Å²) in [5.74, 6) is -0.312. The minimum absolute atomic E-state index is 0.0855. The van der Waals surface area contributed by atoms with Crippen molar-refractivity contribution in [3.05, 3.63) is 84.4 Å². The van der Waals surface area contributed by atoms with Gasteiger partial charge < -0.3 is 19.5 Å². The molecule has 0 bridgehead atoms. The number of amides is 1. The summed E-state index contributed by atoms with van der Waals surface area (Å²) in [5, 5.41) is 7.53. The molecule has 1 amide bonds. The zero-order valence-electron chi connectivity index (χ0n) is 17.5. The van der Waals surface area contributed by atoms with E-state index in [4.69, 9.17) is 19.3 Å². The molecule has 10 heteroatoms. The molecule has 0 aromatic heterocycles. The number of nitrogens with one attached hydrogen (secondary N) is 1. The van der Waals surface area contributed by atoms with Crippen LogP contribution in [0.15, 0.2) is 83.8 Å². The molecule has 3 aromatic rings. The number of primary sulfonamides is 1. The van der Waals surface area contributed by atoms with E-state index in [0.29, 0.717) is 17.2 Å². The summed E-state index contributed by atoms with van der Waals surface area (Å²) in [6.07, 6.45) is 0. The first-order valence-electron chi connectivity index (χ1n) is 9.82. The van der Waals surface area contributed by atoms with E-state index in [1.807, 2.05) is 30.3 Å². The third kappa shape index (κ3) is 7.34. The topological polar surface area (TPSA) is 134 Å². The molecule has 3 rings (SSSR count). The van der Waals surface area contributed by atoms with E-state index in [1.54, 1.807) is 18.2 Å². The number of nitrogens with two attached hydrogens (primary N) is 1. The minimum atomic E-state index is -3.83. The van der Waals surface area contributed by atoms with Crippen molar-refractivity contribution in [3.8, 4) is 11.5 Å². The van der Waals surface area contributed by atoms with Gasteiger partial charge in [-0.3, -0.25) is 4.79 Å². The lowest BCUT2D eigenvalue weighted by Gasteiger charge is -2.12. The van der Waals surface area contributed by atoms with Crippen LogP contribution in [0.1, 0.15) is 10.4 Å². The van der Waals surface area contributed by atoms with Crippen molar-refractivity contribution in [2.24, 2.45) is 5.14 Å². The van der Waals surface area contributed by atoms with E-state index >= 15 is 0 Å². The van der Waals surface area contributed by atoms with E-state index in [9.17, 15) is 18.0 Å². The summed E-state index contributed by atoms with van der Waals surface area (Å²) in [7, 11) is -3.83. The van der Waals surface area contributed by atoms with E-state index in [2.05, 4.69) is 5.32 Å². The van der Waals surface area contributed by atoms with Gasteiger partial charge in [0.15, 0.2) is 6.61 Å². The zero-order valence-corrected chi connectivity index (χ0v) is 18.3. The van der Waals surface area contributed by atoms with Crippen molar-refractivity contribution < 1.29 is 32.2 Å². The Balaban J connectivity index is 1.49. The fraction of sp³-hybridized carbons (Fsp3) is 0.130. The molecule has 0 unspecified atom stereocenters. The van der Waals surface area contributed by atoms with Gasteiger partial charge in [-0.15, -0.1) is 0 Å². The van der Waals surface area contributed by atoms with E-state index in [-0.39, 0.29) is 23.7 Å². The maximum atomic E-state index is 12.4. The van der Waals surface area contributed by atoms with Gasteiger partial charge in [-0.25, -0.2) is 18.4 Å². The Morgan fingerprint density at radius 3 is 2.15 bits per heavy atom. The molecule has 0 saturated carbocycles. The summed E-state index contributed by atoms with van der Waals surface area (Å²) in [4.78, 5) is 24.4. The molecule has 3 N–H and O–H groups in total. The number of para-hydroxylation sites is 2. The van der Waals surface area contributed by atoms with Crippen LogP contribution in [0.25, 0.3) is 0 Å². The standard InChI is InChI=1S/C23H22N2O7S/c24-33(28,29)19-12-10-17(11-13-19)25-22(26)16-32-23(27)20-8-4-5-9-21(20)31-15-14-30-18-6-2-1-3-7-18/h1-13H,14-16H2,(H,25,26)(H2,24,28,29). The third-order valence-corrected chi connectivity index (χ3v) is 5.19. The van der Waals surface area contributed by atoms with E-state index < -0.39 is 28.5 Å². The monoisotopic (exact) mass is 470 g/mol. The van der Waals surface area contributed by atoms with Crippen molar-refractivity contribution in [2.45, 2.75) is 4.90 Å². The van der Waals surface area contributed by atoms with Gasteiger partial charge in [-0.1, -0.05) is 30.3 Å². The smallest absolute Gasteiger partial charge is 0.342 e. The van der Waals surface area contributed by atoms with Gasteiger partial charge in [0.05, 0.1) is 4.90 Å². The first kappa shape index (κ1) is 23.8. The first-order valence-corrected chi connectivity index (χ1v) is 11.4. The van der Waals surface area contributed by atoms with Gasteiger partial charge in [0.2, 0.25) is 10.0 Å². The number of ether oxygens (including phenoxy) is 3. The summed E-state index contributed by atoms with van der Waals surface area (Å²) >= 11 is 0. The SMILES string of the molecule is NS(=O)(=O)c1ccc(NC(=O)COC(=O)c2ccccc2OCCOc2ccccc2)cc1. The maximum absolute atomic E-state index is 12.4. The Bertz CT molecular complexity index is 1200. The van der Waals surface area contributed by atoms with Crippen LogP contribution in [0.5, 0.6) is 11.5 Å². The van der Waals surface area contributed by atoms with Gasteiger partial charge in [0.25, 0.3) is 5.91 Å². The highest BCUT2D eigenvalue weighted by molar-refractivity contribution is 7.89. The molecule has 0 atom stereocenters. The Labute approximate surface area is 191 Å². The van der Waals surface area contributed by atoms with E-state index in [0.717, 1.165) is 0 Å². The summed E-state index contributed by atoms with van der Waals surface area (Å²) < 4.78 is 38.8. The summed E-state index contributed by atoms with van der Waals surface area (Å²) in [5.41, 5.74) is 0.494. The summed E-state index contributed by atoms with van der Waals surface area (Å²) in [6.45, 7) is -0.0601. The molecule has 33 heavy (non-hydrogen) atoms. The van der Waals surface area contributed by atoms with Crippen molar-refractivity contribution in [1.82, 2.24) is 0 Å². The number of anilines is 1. The number of hydrogen-bond donors (Lipinski definition) is 2. The second-order valence-electron chi connectivity index (χ2n) is 6.70. The van der Waals surface area contributed by atoms with Crippen LogP contribution in [0.3, 0.4) is 0 Å². The van der Waals surface area contributed by atoms with Crippen LogP contribution in [0.4, 0.5) is 5.69 Å². The highest BCUT2D eigenvalue weighted by Gasteiger charge is 2.16. The number of sulfonamides is 1. The Kier molecular flexibility index (Phi) is 8.01. The van der Waals surface area contributed by atoms with Crippen LogP contribution in [0, 0.1) is 0 Å². The maximum Gasteiger partial charge on any atom is 0.342 e. The number of benzene rings is 3. The van der Waals surface area contributed by atoms with Gasteiger partial charge in [-0.2, -0.15) is 0 Å². The largest absolute Gasteiger partial charge is 0.490 e. The molecule has 0 fully saturated rings. The first-order chi connectivity index (χ1) is 15.8. The van der Waals surface area contributed by atoms with Gasteiger partial charge in [0, 0.05) is 5.69 Å². The number of carbonyl (C=O) groups is 2. The zero-order chi connectivity index (χ0) is 23.7. The lowest BCUT2D eigenvalue weighted by atomic mass is 10.2. The molecule has 0 aliphatic heterocycles. The van der Waals surface area contributed by atoms with Crippen LogP contribution >= 0.6 is 0 Å². The number of esters is 1. The number of hydrogen-bond acceptors (Lipinski definition) is 7. The van der Waals surface area contributed by atoms with Gasteiger partial charge in [-0.05, 0) is 48.5 Å². The molecular weight excluding hydrogens is 448 g/mol. The number of carbonyl (C=O) groups excluding carboxylic acids is 2. The minimum Gasteiger partial charge on any atom is -0.490 e. The summed E-state index contributed by atoms with van der Waals surface area (Å²) in [6, 6.07) is 21.0. The quantitative estimate of drug-likeness (QED) is 0.344. The Hall–Kier alpha value is -3.89. The molecule has 0 spiro atoms. The molecular formula is C23H22N2O7S. The molecule has 3 aromatic carbocycles. The van der Waals surface area contributed by atoms with Crippen molar-refractivity contribution >= 4 is 27.6 Å². The molecule has 9 nitrogen and oxygen atoms in total. The fourth-order valence-corrected chi connectivity index (χ4v) is 3.24. The molecule has 0 heterocycles. The van der Waals surface area contributed by atoms with Crippen molar-refractivity contribution in [1.29, 1.82) is 0 Å². The highest BCUT2D eigenvalue weighted by atomic mass is 32.2. The molecule has 0 radical (unpaired) electrons. The lowest BCUT2D eigenvalue weighted by Crippen LogP contribution is -2.21. The molecule has 0 saturated heterocycles. The average Bonchev–Trinajstić information content (AvgIpc) is 2.81. The van der Waals surface area contributed by atoms with Crippen LogP contribution in [-0.4, -0.2) is 40.1 Å². The second kappa shape index (κ2) is 11.1. The van der Waals surface area contributed by atoms with Gasteiger partial charge >= 0.3 is 5.97 Å². The lowest BCUT2D eigenvalue weighted by molar-refractivity contribution is -0.119. The predicted molar refractivity (Wildman–Crippen MR) is 121 cm³/mol. The average molecular weight is 471 g/mol. The van der Waals surface area contributed by atoms with E-state index in [1.165, 1.54) is 30.3 Å². The Morgan fingerprint density at radius 1 is 0.818 bits per heavy atom. The van der Waals surface area contributed by atoms with Crippen molar-refractivity contribution in [3.63, 3.8) is 0 Å². The Morgan fingerprint density at radius 2 is 1.45 bits per heavy atom. The molecule has 172 valence electrons.